The van der Waals surface area contributed by atoms with Crippen molar-refractivity contribution >= 4 is 16.8 Å². The van der Waals surface area contributed by atoms with E-state index >= 15 is 0 Å². The monoisotopic (exact) mass is 323 g/mol. The average Bonchev–Trinajstić information content (AvgIpc) is 2.63. The largest absolute Gasteiger partial charge is 0.497 e. The van der Waals surface area contributed by atoms with Gasteiger partial charge in [0, 0.05) is 19.4 Å². The number of nitrogens with one attached hydrogen (secondary N) is 1. The van der Waals surface area contributed by atoms with Gasteiger partial charge in [-0.3, -0.25) is 14.6 Å². The minimum Gasteiger partial charge on any atom is -0.497 e. The van der Waals surface area contributed by atoms with Crippen molar-refractivity contribution in [1.29, 1.82) is 0 Å². The number of nitrogens with zero attached hydrogens (tertiary/aromatic N) is 2. The van der Waals surface area contributed by atoms with Gasteiger partial charge in [0.05, 0.1) is 30.3 Å². The lowest BCUT2D eigenvalue weighted by Gasteiger charge is -2.10. The third kappa shape index (κ3) is 2.99. The highest BCUT2D eigenvalue weighted by Gasteiger charge is 2.15. The number of benzene rings is 1. The molecular weight excluding hydrogens is 306 g/mol. The number of fused-ring (bicyclic) bond motifs is 1. The number of aromatic nitrogens is 2. The smallest absolute Gasteiger partial charge is 0.257 e. The fourth-order valence-electron chi connectivity index (χ4n) is 2.53. The zero-order valence-corrected chi connectivity index (χ0v) is 13.4. The number of amides is 1. The first-order valence-corrected chi connectivity index (χ1v) is 7.45. The number of carbonyl (C=O) groups is 1. The average molecular weight is 323 g/mol. The van der Waals surface area contributed by atoms with E-state index < -0.39 is 5.91 Å². The minimum atomic E-state index is -0.425. The topological polar surface area (TPSA) is 73.2 Å². The minimum absolute atomic E-state index is 0.0918. The van der Waals surface area contributed by atoms with E-state index in [0.717, 1.165) is 11.2 Å². The van der Waals surface area contributed by atoms with Crippen LogP contribution in [-0.2, 0) is 13.6 Å². The van der Waals surface area contributed by atoms with Crippen molar-refractivity contribution in [3.05, 3.63) is 70.3 Å². The molecule has 0 aliphatic rings. The van der Waals surface area contributed by atoms with E-state index in [9.17, 15) is 9.59 Å². The lowest BCUT2D eigenvalue weighted by molar-refractivity contribution is 0.0949. The van der Waals surface area contributed by atoms with E-state index in [4.69, 9.17) is 4.74 Å². The summed E-state index contributed by atoms with van der Waals surface area (Å²) in [5, 5.41) is 3.18. The zero-order chi connectivity index (χ0) is 17.1. The summed E-state index contributed by atoms with van der Waals surface area (Å²) in [7, 11) is 3.33. The summed E-state index contributed by atoms with van der Waals surface area (Å²) < 4.78 is 6.92. The second-order valence-electron chi connectivity index (χ2n) is 5.37. The predicted octanol–water partition coefficient (Wildman–Crippen LogP) is 1.87. The Hall–Kier alpha value is -3.15. The zero-order valence-electron chi connectivity index (χ0n) is 13.4. The van der Waals surface area contributed by atoms with E-state index in [1.807, 2.05) is 12.1 Å². The Morgan fingerprint density at radius 1 is 1.29 bits per heavy atom. The first-order valence-electron chi connectivity index (χ1n) is 7.45. The van der Waals surface area contributed by atoms with Crippen molar-refractivity contribution in [2.45, 2.75) is 6.54 Å². The van der Waals surface area contributed by atoms with Gasteiger partial charge in [-0.25, -0.2) is 0 Å². The summed E-state index contributed by atoms with van der Waals surface area (Å²) in [6, 6.07) is 10.7. The van der Waals surface area contributed by atoms with Crippen LogP contribution < -0.4 is 15.5 Å². The van der Waals surface area contributed by atoms with Gasteiger partial charge in [0.2, 0.25) is 5.43 Å². The predicted molar refractivity (Wildman–Crippen MR) is 91.1 cm³/mol. The van der Waals surface area contributed by atoms with E-state index in [1.54, 1.807) is 48.3 Å². The standard InChI is InChI=1S/C18H17N3O3/c1-21-11-15(18(23)20-10-12-5-3-4-8-19-12)17(22)14-9-13(24-2)6-7-16(14)21/h3-9,11H,10H2,1-2H3,(H,20,23). The summed E-state index contributed by atoms with van der Waals surface area (Å²) in [6.07, 6.45) is 3.20. The van der Waals surface area contributed by atoms with Gasteiger partial charge >= 0.3 is 0 Å². The van der Waals surface area contributed by atoms with Crippen molar-refractivity contribution in [3.8, 4) is 5.75 Å². The number of rotatable bonds is 4. The molecule has 6 nitrogen and oxygen atoms in total. The normalized spacial score (nSPS) is 10.6. The number of carbonyl (C=O) groups excluding carboxylic acids is 1. The number of ether oxygens (including phenoxy) is 1. The van der Waals surface area contributed by atoms with Crippen LogP contribution in [0.2, 0.25) is 0 Å². The van der Waals surface area contributed by atoms with Gasteiger partial charge in [-0.05, 0) is 30.3 Å². The summed E-state index contributed by atoms with van der Waals surface area (Å²) in [5.74, 6) is 0.150. The highest BCUT2D eigenvalue weighted by atomic mass is 16.5. The molecule has 6 heteroatoms. The first-order chi connectivity index (χ1) is 11.6. The Morgan fingerprint density at radius 2 is 2.12 bits per heavy atom. The number of hydrogen-bond donors (Lipinski definition) is 1. The van der Waals surface area contributed by atoms with Crippen molar-refractivity contribution in [2.75, 3.05) is 7.11 Å². The molecule has 0 aliphatic carbocycles. The van der Waals surface area contributed by atoms with Gasteiger partial charge in [0.1, 0.15) is 11.3 Å². The van der Waals surface area contributed by atoms with E-state index in [-0.39, 0.29) is 17.5 Å². The van der Waals surface area contributed by atoms with Gasteiger partial charge in [-0.1, -0.05) is 6.07 Å². The molecular formula is C18H17N3O3. The Kier molecular flexibility index (Phi) is 4.29. The maximum Gasteiger partial charge on any atom is 0.257 e. The molecule has 0 atom stereocenters. The number of pyridine rings is 2. The summed E-state index contributed by atoms with van der Waals surface area (Å²) in [6.45, 7) is 0.263. The molecule has 0 aliphatic heterocycles. The Morgan fingerprint density at radius 3 is 2.83 bits per heavy atom. The van der Waals surface area contributed by atoms with Crippen molar-refractivity contribution < 1.29 is 9.53 Å². The van der Waals surface area contributed by atoms with Gasteiger partial charge in [0.25, 0.3) is 5.91 Å². The first kappa shape index (κ1) is 15.7. The molecule has 0 fully saturated rings. The molecule has 1 amide bonds. The molecule has 122 valence electrons. The number of hydrogen-bond acceptors (Lipinski definition) is 4. The molecule has 24 heavy (non-hydrogen) atoms. The quantitative estimate of drug-likeness (QED) is 0.795. The molecule has 0 radical (unpaired) electrons. The Labute approximate surface area is 138 Å². The van der Waals surface area contributed by atoms with Crippen LogP contribution >= 0.6 is 0 Å². The van der Waals surface area contributed by atoms with Crippen molar-refractivity contribution in [3.63, 3.8) is 0 Å². The molecule has 2 aromatic heterocycles. The summed E-state index contributed by atoms with van der Waals surface area (Å²) in [5.41, 5.74) is 1.24. The molecule has 0 spiro atoms. The van der Waals surface area contributed by atoms with Gasteiger partial charge in [0.15, 0.2) is 0 Å². The van der Waals surface area contributed by atoms with Gasteiger partial charge < -0.3 is 14.6 Å². The molecule has 0 bridgehead atoms. The van der Waals surface area contributed by atoms with Gasteiger partial charge in [-0.15, -0.1) is 0 Å². The van der Waals surface area contributed by atoms with E-state index in [0.29, 0.717) is 11.1 Å². The highest BCUT2D eigenvalue weighted by Crippen LogP contribution is 2.18. The molecule has 1 aromatic carbocycles. The van der Waals surface area contributed by atoms with Crippen LogP contribution in [0.5, 0.6) is 5.75 Å². The molecule has 1 N–H and O–H groups in total. The number of methoxy groups -OCH3 is 1. The summed E-state index contributed by atoms with van der Waals surface area (Å²) >= 11 is 0. The Bertz CT molecular complexity index is 949. The van der Waals surface area contributed by atoms with Crippen molar-refractivity contribution in [1.82, 2.24) is 14.9 Å². The summed E-state index contributed by atoms with van der Waals surface area (Å²) in [4.78, 5) is 29.2. The molecule has 0 saturated heterocycles. The third-order valence-electron chi connectivity index (χ3n) is 3.80. The number of aryl methyl sites for hydroxylation is 1. The van der Waals surface area contributed by atoms with Crippen LogP contribution in [0.25, 0.3) is 10.9 Å². The fraction of sp³-hybridized carbons (Fsp3) is 0.167. The molecule has 2 heterocycles. The van der Waals surface area contributed by atoms with E-state index in [2.05, 4.69) is 10.3 Å². The molecule has 0 saturated carbocycles. The molecule has 3 aromatic rings. The molecule has 3 rings (SSSR count). The van der Waals surface area contributed by atoms with Crippen LogP contribution in [0.4, 0.5) is 0 Å². The second kappa shape index (κ2) is 6.54. The fourth-order valence-corrected chi connectivity index (χ4v) is 2.53. The maximum absolute atomic E-state index is 12.7. The van der Waals surface area contributed by atoms with E-state index in [1.165, 1.54) is 7.11 Å². The maximum atomic E-state index is 12.7. The van der Waals surface area contributed by atoms with Crippen LogP contribution in [0.1, 0.15) is 16.1 Å². The SMILES string of the molecule is COc1ccc2c(c1)c(=O)c(C(=O)NCc1ccccn1)cn2C. The van der Waals surface area contributed by atoms with Crippen LogP contribution in [0, 0.1) is 0 Å². The van der Waals surface area contributed by atoms with Crippen LogP contribution in [-0.4, -0.2) is 22.6 Å². The lowest BCUT2D eigenvalue weighted by Crippen LogP contribution is -2.29. The van der Waals surface area contributed by atoms with Gasteiger partial charge in [-0.2, -0.15) is 0 Å². The lowest BCUT2D eigenvalue weighted by atomic mass is 10.1. The third-order valence-corrected chi connectivity index (χ3v) is 3.80. The van der Waals surface area contributed by atoms with Crippen LogP contribution in [0.15, 0.2) is 53.6 Å². The Balaban J connectivity index is 1.95. The van der Waals surface area contributed by atoms with Crippen molar-refractivity contribution in [2.24, 2.45) is 7.05 Å². The second-order valence-corrected chi connectivity index (χ2v) is 5.37. The van der Waals surface area contributed by atoms with Crippen LogP contribution in [0.3, 0.4) is 0 Å². The highest BCUT2D eigenvalue weighted by molar-refractivity contribution is 5.97. The molecule has 0 unspecified atom stereocenters.